The van der Waals surface area contributed by atoms with Crippen LogP contribution < -0.4 is 4.74 Å². The second-order valence-electron chi connectivity index (χ2n) is 5.11. The first-order valence-electron chi connectivity index (χ1n) is 6.88. The van der Waals surface area contributed by atoms with E-state index in [9.17, 15) is 13.2 Å². The van der Waals surface area contributed by atoms with Crippen LogP contribution >= 0.6 is 0 Å². The number of ether oxygens (including phenoxy) is 1. The summed E-state index contributed by atoms with van der Waals surface area (Å²) in [6, 6.07) is 5.86. The standard InChI is InChI=1S/C14H19NO5S/c1-11-4-2-3-9-15(11)21(18,19)13-7-5-12(6-8-13)20-10-14(16)17/h5-8,11H,2-4,9-10H2,1H3,(H,16,17). The third-order valence-corrected chi connectivity index (χ3v) is 5.56. The molecule has 0 radical (unpaired) electrons. The molecule has 0 aromatic heterocycles. The number of carbonyl (C=O) groups is 1. The van der Waals surface area contributed by atoms with Gasteiger partial charge in [0.05, 0.1) is 4.90 Å². The van der Waals surface area contributed by atoms with Gasteiger partial charge >= 0.3 is 5.97 Å². The Morgan fingerprint density at radius 2 is 2.00 bits per heavy atom. The molecule has 0 saturated carbocycles. The quantitative estimate of drug-likeness (QED) is 0.894. The largest absolute Gasteiger partial charge is 0.482 e. The molecule has 1 saturated heterocycles. The molecule has 6 nitrogen and oxygen atoms in total. The zero-order valence-corrected chi connectivity index (χ0v) is 12.7. The molecule has 2 rings (SSSR count). The van der Waals surface area contributed by atoms with E-state index in [0.29, 0.717) is 12.3 Å². The summed E-state index contributed by atoms with van der Waals surface area (Å²) in [4.78, 5) is 10.6. The van der Waals surface area contributed by atoms with E-state index in [0.717, 1.165) is 19.3 Å². The van der Waals surface area contributed by atoms with Crippen molar-refractivity contribution < 1.29 is 23.1 Å². The first-order chi connectivity index (χ1) is 9.91. The summed E-state index contributed by atoms with van der Waals surface area (Å²) in [5, 5.41) is 8.53. The predicted octanol–water partition coefficient (Wildman–Crippen LogP) is 1.71. The van der Waals surface area contributed by atoms with Gasteiger partial charge in [0.25, 0.3) is 0 Å². The van der Waals surface area contributed by atoms with E-state index in [1.165, 1.54) is 28.6 Å². The van der Waals surface area contributed by atoms with Gasteiger partial charge in [-0.25, -0.2) is 13.2 Å². The minimum Gasteiger partial charge on any atom is -0.482 e. The summed E-state index contributed by atoms with van der Waals surface area (Å²) in [5.74, 6) is -0.739. The van der Waals surface area contributed by atoms with E-state index >= 15 is 0 Å². The van der Waals surface area contributed by atoms with Gasteiger partial charge in [-0.05, 0) is 44.0 Å². The van der Waals surface area contributed by atoms with Gasteiger partial charge in [0.2, 0.25) is 10.0 Å². The van der Waals surface area contributed by atoms with Gasteiger partial charge in [-0.3, -0.25) is 0 Å². The van der Waals surface area contributed by atoms with Crippen LogP contribution in [0, 0.1) is 0 Å². The summed E-state index contributed by atoms with van der Waals surface area (Å²) < 4.78 is 31.7. The van der Waals surface area contributed by atoms with Crippen LogP contribution in [0.2, 0.25) is 0 Å². The highest BCUT2D eigenvalue weighted by Crippen LogP contribution is 2.26. The van der Waals surface area contributed by atoms with Gasteiger partial charge in [0.15, 0.2) is 6.61 Å². The van der Waals surface area contributed by atoms with Gasteiger partial charge in [-0.2, -0.15) is 4.31 Å². The fraction of sp³-hybridized carbons (Fsp3) is 0.500. The number of nitrogens with zero attached hydrogens (tertiary/aromatic N) is 1. The molecule has 1 fully saturated rings. The van der Waals surface area contributed by atoms with Crippen molar-refractivity contribution >= 4 is 16.0 Å². The maximum atomic E-state index is 12.6. The normalized spacial score (nSPS) is 20.1. The highest BCUT2D eigenvalue weighted by Gasteiger charge is 2.30. The topological polar surface area (TPSA) is 83.9 Å². The van der Waals surface area contributed by atoms with Crippen molar-refractivity contribution in [1.82, 2.24) is 4.31 Å². The Balaban J connectivity index is 2.14. The van der Waals surface area contributed by atoms with E-state index in [4.69, 9.17) is 9.84 Å². The molecule has 7 heteroatoms. The van der Waals surface area contributed by atoms with E-state index in [-0.39, 0.29) is 10.9 Å². The summed E-state index contributed by atoms with van der Waals surface area (Å²) in [5.41, 5.74) is 0. The number of aliphatic carboxylic acids is 1. The molecule has 1 aliphatic rings. The summed E-state index contributed by atoms with van der Waals surface area (Å²) in [6.07, 6.45) is 2.80. The van der Waals surface area contributed by atoms with Crippen molar-refractivity contribution in [3.8, 4) is 5.75 Å². The Labute approximate surface area is 124 Å². The lowest BCUT2D eigenvalue weighted by Gasteiger charge is -2.32. The number of hydrogen-bond acceptors (Lipinski definition) is 4. The van der Waals surface area contributed by atoms with Gasteiger partial charge in [-0.1, -0.05) is 6.42 Å². The molecule has 1 N–H and O–H groups in total. The molecule has 21 heavy (non-hydrogen) atoms. The zero-order chi connectivity index (χ0) is 15.5. The highest BCUT2D eigenvalue weighted by atomic mass is 32.2. The molecule has 1 aliphatic heterocycles. The summed E-state index contributed by atoms with van der Waals surface area (Å²) in [7, 11) is -3.50. The lowest BCUT2D eigenvalue weighted by atomic mass is 10.1. The number of rotatable bonds is 5. The number of benzene rings is 1. The van der Waals surface area contributed by atoms with Gasteiger partial charge in [0.1, 0.15) is 5.75 Å². The van der Waals surface area contributed by atoms with Crippen molar-refractivity contribution in [3.05, 3.63) is 24.3 Å². The third kappa shape index (κ3) is 3.74. The second-order valence-corrected chi connectivity index (χ2v) is 7.00. The zero-order valence-electron chi connectivity index (χ0n) is 11.9. The van der Waals surface area contributed by atoms with Crippen molar-refractivity contribution in [2.45, 2.75) is 37.1 Å². The number of sulfonamides is 1. The number of piperidine rings is 1. The number of carboxylic acid groups (broad SMARTS) is 1. The van der Waals surface area contributed by atoms with Crippen LogP contribution in [-0.4, -0.2) is 43.0 Å². The number of hydrogen-bond donors (Lipinski definition) is 1. The molecule has 1 unspecified atom stereocenters. The van der Waals surface area contributed by atoms with E-state index in [1.807, 2.05) is 6.92 Å². The Bertz CT molecular complexity index is 596. The van der Waals surface area contributed by atoms with Crippen molar-refractivity contribution in [2.75, 3.05) is 13.2 Å². The lowest BCUT2D eigenvalue weighted by molar-refractivity contribution is -0.139. The minimum atomic E-state index is -3.50. The SMILES string of the molecule is CC1CCCCN1S(=O)(=O)c1ccc(OCC(=O)O)cc1. The van der Waals surface area contributed by atoms with Crippen molar-refractivity contribution in [3.63, 3.8) is 0 Å². The van der Waals surface area contributed by atoms with Gasteiger partial charge < -0.3 is 9.84 Å². The average molecular weight is 313 g/mol. The molecule has 0 bridgehead atoms. The highest BCUT2D eigenvalue weighted by molar-refractivity contribution is 7.89. The average Bonchev–Trinajstić information content (AvgIpc) is 2.46. The second kappa shape index (κ2) is 6.44. The van der Waals surface area contributed by atoms with Crippen LogP contribution in [-0.2, 0) is 14.8 Å². The van der Waals surface area contributed by atoms with Gasteiger partial charge in [-0.15, -0.1) is 0 Å². The fourth-order valence-electron chi connectivity index (χ4n) is 2.42. The Morgan fingerprint density at radius 3 is 2.57 bits per heavy atom. The van der Waals surface area contributed by atoms with E-state index in [2.05, 4.69) is 0 Å². The van der Waals surface area contributed by atoms with Crippen LogP contribution in [0.4, 0.5) is 0 Å². The molecule has 0 amide bonds. The molecule has 0 aliphatic carbocycles. The van der Waals surface area contributed by atoms with Crippen molar-refractivity contribution in [2.24, 2.45) is 0 Å². The van der Waals surface area contributed by atoms with Crippen LogP contribution in [0.15, 0.2) is 29.2 Å². The smallest absolute Gasteiger partial charge is 0.341 e. The molecule has 116 valence electrons. The first kappa shape index (κ1) is 15.8. The van der Waals surface area contributed by atoms with Crippen LogP contribution in [0.3, 0.4) is 0 Å². The first-order valence-corrected chi connectivity index (χ1v) is 8.32. The molecule has 1 heterocycles. The van der Waals surface area contributed by atoms with E-state index in [1.54, 1.807) is 0 Å². The Kier molecular flexibility index (Phi) is 4.84. The third-order valence-electron chi connectivity index (χ3n) is 3.53. The summed E-state index contributed by atoms with van der Waals surface area (Å²) in [6.45, 7) is 2.01. The Morgan fingerprint density at radius 1 is 1.33 bits per heavy atom. The summed E-state index contributed by atoms with van der Waals surface area (Å²) >= 11 is 0. The van der Waals surface area contributed by atoms with Crippen molar-refractivity contribution in [1.29, 1.82) is 0 Å². The Hall–Kier alpha value is -1.60. The maximum Gasteiger partial charge on any atom is 0.341 e. The minimum absolute atomic E-state index is 0.00619. The molecule has 1 aromatic carbocycles. The maximum absolute atomic E-state index is 12.6. The molecular weight excluding hydrogens is 294 g/mol. The van der Waals surface area contributed by atoms with Crippen LogP contribution in [0.5, 0.6) is 5.75 Å². The lowest BCUT2D eigenvalue weighted by Crippen LogP contribution is -2.41. The number of carboxylic acids is 1. The monoisotopic (exact) mass is 313 g/mol. The molecular formula is C14H19NO5S. The fourth-order valence-corrected chi connectivity index (χ4v) is 4.12. The van der Waals surface area contributed by atoms with Crippen LogP contribution in [0.1, 0.15) is 26.2 Å². The van der Waals surface area contributed by atoms with Crippen LogP contribution in [0.25, 0.3) is 0 Å². The van der Waals surface area contributed by atoms with E-state index < -0.39 is 22.6 Å². The predicted molar refractivity (Wildman–Crippen MR) is 76.8 cm³/mol. The molecule has 1 aromatic rings. The molecule has 1 atom stereocenters. The van der Waals surface area contributed by atoms with Gasteiger partial charge in [0, 0.05) is 12.6 Å². The molecule has 0 spiro atoms.